The van der Waals surface area contributed by atoms with Crippen molar-refractivity contribution in [1.29, 1.82) is 0 Å². The van der Waals surface area contributed by atoms with Crippen LogP contribution in [0.5, 0.6) is 11.5 Å². The third-order valence-corrected chi connectivity index (χ3v) is 5.24. The van der Waals surface area contributed by atoms with Crippen molar-refractivity contribution < 1.29 is 24.2 Å². The van der Waals surface area contributed by atoms with Crippen LogP contribution in [0.3, 0.4) is 0 Å². The summed E-state index contributed by atoms with van der Waals surface area (Å²) >= 11 is 0. The summed E-state index contributed by atoms with van der Waals surface area (Å²) < 4.78 is 10.9. The van der Waals surface area contributed by atoms with Gasteiger partial charge in [-0.15, -0.1) is 0 Å². The molecule has 1 atom stereocenters. The number of Topliss-reactive ketones (excluding diaryl/α,β-unsaturated/α-hetero) is 1. The second-order valence-corrected chi connectivity index (χ2v) is 6.98. The van der Waals surface area contributed by atoms with E-state index in [0.717, 1.165) is 0 Å². The lowest BCUT2D eigenvalue weighted by Crippen LogP contribution is -2.29. The van der Waals surface area contributed by atoms with Crippen molar-refractivity contribution in [2.45, 2.75) is 6.04 Å². The lowest BCUT2D eigenvalue weighted by Gasteiger charge is -2.25. The van der Waals surface area contributed by atoms with Crippen molar-refractivity contribution in [2.24, 2.45) is 0 Å². The number of carbonyl (C=O) groups excluding carboxylic acids is 2. The predicted molar refractivity (Wildman–Crippen MR) is 110 cm³/mol. The van der Waals surface area contributed by atoms with Crippen molar-refractivity contribution in [3.05, 3.63) is 95.6 Å². The summed E-state index contributed by atoms with van der Waals surface area (Å²) in [6.07, 6.45) is 0. The summed E-state index contributed by atoms with van der Waals surface area (Å²) in [5.74, 6) is -0.511. The Kier molecular flexibility index (Phi) is 4.25. The fraction of sp³-hybridized carbons (Fsp3) is 0.0833. The van der Waals surface area contributed by atoms with Crippen LogP contribution in [0.2, 0.25) is 0 Å². The average molecular weight is 399 g/mol. The standard InChI is InChI=1S/C24H17NO5/c26-22(15-7-3-1-4-8-15)20-21(16-11-12-18-19(13-16)30-14-29-18)25(24(28)23(20)27)17-9-5-2-6-10-17/h1-13,21,26H,14H2/t21-/m1/s1. The molecule has 2 aliphatic rings. The highest BCUT2D eigenvalue weighted by Gasteiger charge is 2.47. The van der Waals surface area contributed by atoms with E-state index in [1.807, 2.05) is 12.1 Å². The third-order valence-electron chi connectivity index (χ3n) is 5.24. The number of ketones is 1. The quantitative estimate of drug-likeness (QED) is 0.409. The van der Waals surface area contributed by atoms with Gasteiger partial charge in [0, 0.05) is 11.3 Å². The van der Waals surface area contributed by atoms with Gasteiger partial charge < -0.3 is 14.6 Å². The molecule has 5 rings (SSSR count). The number of carbonyl (C=O) groups is 2. The van der Waals surface area contributed by atoms with E-state index in [0.29, 0.717) is 28.3 Å². The molecule has 3 aromatic carbocycles. The summed E-state index contributed by atoms with van der Waals surface area (Å²) in [5.41, 5.74) is 1.71. The second-order valence-electron chi connectivity index (χ2n) is 6.98. The summed E-state index contributed by atoms with van der Waals surface area (Å²) in [5, 5.41) is 11.0. The van der Waals surface area contributed by atoms with Crippen LogP contribution in [-0.4, -0.2) is 23.6 Å². The summed E-state index contributed by atoms with van der Waals surface area (Å²) in [7, 11) is 0. The highest BCUT2D eigenvalue weighted by molar-refractivity contribution is 6.51. The lowest BCUT2D eigenvalue weighted by molar-refractivity contribution is -0.132. The van der Waals surface area contributed by atoms with Gasteiger partial charge in [-0.3, -0.25) is 14.5 Å². The van der Waals surface area contributed by atoms with Gasteiger partial charge in [0.2, 0.25) is 6.79 Å². The van der Waals surface area contributed by atoms with Crippen molar-refractivity contribution in [1.82, 2.24) is 0 Å². The van der Waals surface area contributed by atoms with Crippen molar-refractivity contribution in [3.8, 4) is 11.5 Å². The largest absolute Gasteiger partial charge is 0.507 e. The van der Waals surface area contributed by atoms with Crippen LogP contribution in [0.4, 0.5) is 5.69 Å². The van der Waals surface area contributed by atoms with Gasteiger partial charge in [-0.2, -0.15) is 0 Å². The Hall–Kier alpha value is -4.06. The number of aliphatic hydroxyl groups is 1. The number of hydrogen-bond acceptors (Lipinski definition) is 5. The molecule has 2 aliphatic heterocycles. The number of ether oxygens (including phenoxy) is 2. The molecule has 6 nitrogen and oxygen atoms in total. The molecule has 0 aliphatic carbocycles. The zero-order chi connectivity index (χ0) is 20.7. The van der Waals surface area contributed by atoms with E-state index in [9.17, 15) is 14.7 Å². The molecule has 0 aromatic heterocycles. The van der Waals surface area contributed by atoms with Gasteiger partial charge in [-0.05, 0) is 29.8 Å². The molecule has 3 aromatic rings. The van der Waals surface area contributed by atoms with Crippen molar-refractivity contribution in [2.75, 3.05) is 11.7 Å². The van der Waals surface area contributed by atoms with Gasteiger partial charge in [0.1, 0.15) is 5.76 Å². The van der Waals surface area contributed by atoms with E-state index in [4.69, 9.17) is 9.47 Å². The van der Waals surface area contributed by atoms with Gasteiger partial charge in [0.25, 0.3) is 11.7 Å². The van der Waals surface area contributed by atoms with Crippen LogP contribution in [0, 0.1) is 0 Å². The first-order valence-electron chi connectivity index (χ1n) is 9.46. The molecule has 0 spiro atoms. The molecule has 1 N–H and O–H groups in total. The summed E-state index contributed by atoms with van der Waals surface area (Å²) in [4.78, 5) is 27.5. The minimum Gasteiger partial charge on any atom is -0.507 e. The first-order valence-corrected chi connectivity index (χ1v) is 9.46. The highest BCUT2D eigenvalue weighted by atomic mass is 16.7. The monoisotopic (exact) mass is 399 g/mol. The number of anilines is 1. The maximum Gasteiger partial charge on any atom is 0.300 e. The summed E-state index contributed by atoms with van der Waals surface area (Å²) in [6, 6.07) is 22.1. The van der Waals surface area contributed by atoms with Gasteiger partial charge in [0.15, 0.2) is 11.5 Å². The number of para-hydroxylation sites is 1. The maximum atomic E-state index is 13.1. The van der Waals surface area contributed by atoms with Crippen LogP contribution in [0.25, 0.3) is 5.76 Å². The van der Waals surface area contributed by atoms with Crippen LogP contribution in [-0.2, 0) is 9.59 Å². The van der Waals surface area contributed by atoms with E-state index >= 15 is 0 Å². The Morgan fingerprint density at radius 3 is 2.27 bits per heavy atom. The molecule has 30 heavy (non-hydrogen) atoms. The Morgan fingerprint density at radius 1 is 0.867 bits per heavy atom. The molecular weight excluding hydrogens is 382 g/mol. The molecule has 0 bridgehead atoms. The maximum absolute atomic E-state index is 13.1. The molecule has 1 saturated heterocycles. The molecule has 6 heteroatoms. The number of fused-ring (bicyclic) bond motifs is 1. The van der Waals surface area contributed by atoms with Crippen LogP contribution >= 0.6 is 0 Å². The predicted octanol–water partition coefficient (Wildman–Crippen LogP) is 4.04. The number of nitrogens with zero attached hydrogens (tertiary/aromatic N) is 1. The van der Waals surface area contributed by atoms with Crippen LogP contribution < -0.4 is 14.4 Å². The first-order chi connectivity index (χ1) is 14.6. The van der Waals surface area contributed by atoms with Gasteiger partial charge in [-0.1, -0.05) is 54.6 Å². The minimum atomic E-state index is -0.804. The van der Waals surface area contributed by atoms with Gasteiger partial charge in [0.05, 0.1) is 11.6 Å². The average Bonchev–Trinajstić information content (AvgIpc) is 3.36. The minimum absolute atomic E-state index is 0.0360. The fourth-order valence-corrected chi connectivity index (χ4v) is 3.84. The van der Waals surface area contributed by atoms with Crippen molar-refractivity contribution in [3.63, 3.8) is 0 Å². The molecule has 0 saturated carbocycles. The molecule has 0 radical (unpaired) electrons. The highest BCUT2D eigenvalue weighted by Crippen LogP contribution is 2.44. The number of hydrogen-bond donors (Lipinski definition) is 1. The van der Waals surface area contributed by atoms with E-state index < -0.39 is 17.7 Å². The first kappa shape index (κ1) is 18.0. The molecule has 0 unspecified atom stereocenters. The number of benzene rings is 3. The van der Waals surface area contributed by atoms with Crippen molar-refractivity contribution >= 4 is 23.1 Å². The Balaban J connectivity index is 1.73. The lowest BCUT2D eigenvalue weighted by atomic mass is 9.95. The molecule has 1 fully saturated rings. The zero-order valence-electron chi connectivity index (χ0n) is 15.8. The smallest absolute Gasteiger partial charge is 0.300 e. The number of amides is 1. The Labute approximate surface area is 172 Å². The van der Waals surface area contributed by atoms with E-state index in [-0.39, 0.29) is 18.1 Å². The topological polar surface area (TPSA) is 76.1 Å². The third kappa shape index (κ3) is 2.81. The van der Waals surface area contributed by atoms with Crippen LogP contribution in [0.1, 0.15) is 17.2 Å². The van der Waals surface area contributed by atoms with Gasteiger partial charge in [-0.25, -0.2) is 0 Å². The Bertz CT molecular complexity index is 1170. The summed E-state index contributed by atoms with van der Waals surface area (Å²) in [6.45, 7) is 0.113. The second kappa shape index (κ2) is 7.08. The molecule has 1 amide bonds. The molecule has 2 heterocycles. The number of aliphatic hydroxyl groups excluding tert-OH is 1. The zero-order valence-corrected chi connectivity index (χ0v) is 15.8. The van der Waals surface area contributed by atoms with Gasteiger partial charge >= 0.3 is 0 Å². The normalized spacial score (nSPS) is 19.3. The fourth-order valence-electron chi connectivity index (χ4n) is 3.84. The van der Waals surface area contributed by atoms with E-state index in [1.165, 1.54) is 4.90 Å². The van der Waals surface area contributed by atoms with Crippen LogP contribution in [0.15, 0.2) is 84.4 Å². The van der Waals surface area contributed by atoms with E-state index in [1.54, 1.807) is 66.7 Å². The SMILES string of the molecule is O=C1C(=O)N(c2ccccc2)[C@H](c2ccc3c(c2)OCO3)C1=C(O)c1ccccc1. The Morgan fingerprint density at radius 2 is 1.53 bits per heavy atom. The number of rotatable bonds is 3. The van der Waals surface area contributed by atoms with E-state index in [2.05, 4.69) is 0 Å². The molecular formula is C24H17NO5. The molecule has 148 valence electrons.